The molecule has 4 nitrogen and oxygen atoms in total. The van der Waals surface area contributed by atoms with E-state index >= 15 is 0 Å². The fraction of sp³-hybridized carbons (Fsp3) is 0.714. The largest absolute Gasteiger partial charge is 0.356 e. The second-order valence-corrected chi connectivity index (χ2v) is 6.24. The number of nitrogens with one attached hydrogen (secondary N) is 1. The number of anilines is 2. The highest BCUT2D eigenvalue weighted by molar-refractivity contribution is 9.10. The third-order valence-electron chi connectivity index (χ3n) is 3.07. The summed E-state index contributed by atoms with van der Waals surface area (Å²) in [7, 11) is 2.09. The molecule has 1 aromatic rings. The molecule has 108 valence electrons. The molecule has 0 radical (unpaired) electrons. The Morgan fingerprint density at radius 3 is 2.63 bits per heavy atom. The monoisotopic (exact) mass is 328 g/mol. The van der Waals surface area contributed by atoms with E-state index in [0.29, 0.717) is 17.9 Å². The highest BCUT2D eigenvalue weighted by atomic mass is 79.9. The predicted octanol–water partition coefficient (Wildman–Crippen LogP) is 3.93. The highest BCUT2D eigenvalue weighted by Crippen LogP contribution is 2.26. The summed E-state index contributed by atoms with van der Waals surface area (Å²) in [6, 6.07) is 0.449. The van der Waals surface area contributed by atoms with Crippen LogP contribution in [0.3, 0.4) is 0 Å². The van der Waals surface area contributed by atoms with E-state index in [1.54, 1.807) is 0 Å². The predicted molar refractivity (Wildman–Crippen MR) is 85.8 cm³/mol. The maximum atomic E-state index is 4.59. The average molecular weight is 329 g/mol. The molecule has 0 saturated carbocycles. The second kappa shape index (κ2) is 7.68. The van der Waals surface area contributed by atoms with Crippen molar-refractivity contribution in [2.45, 2.75) is 46.6 Å². The molecule has 1 rings (SSSR count). The first-order chi connectivity index (χ1) is 8.95. The molecule has 1 unspecified atom stereocenters. The normalized spacial score (nSPS) is 12.6. The quantitative estimate of drug-likeness (QED) is 0.823. The summed E-state index contributed by atoms with van der Waals surface area (Å²) in [4.78, 5) is 11.1. The fourth-order valence-corrected chi connectivity index (χ4v) is 2.45. The van der Waals surface area contributed by atoms with Gasteiger partial charge in [-0.05, 0) is 41.6 Å². The van der Waals surface area contributed by atoms with Crippen LogP contribution >= 0.6 is 15.9 Å². The zero-order valence-electron chi connectivity index (χ0n) is 12.6. The van der Waals surface area contributed by atoms with Crippen molar-refractivity contribution in [1.82, 2.24) is 9.97 Å². The van der Waals surface area contributed by atoms with Gasteiger partial charge in [-0.1, -0.05) is 20.8 Å². The van der Waals surface area contributed by atoms with E-state index in [9.17, 15) is 0 Å². The standard InChI is InChI=1S/C14H25BrN4/c1-6-7-16-14-17-9-12(15)13(18-14)19(5)11(4)8-10(2)3/h9-11H,6-8H2,1-5H3,(H,16,17,18). The van der Waals surface area contributed by atoms with Gasteiger partial charge in [-0.25, -0.2) is 4.98 Å². The van der Waals surface area contributed by atoms with E-state index in [2.05, 4.69) is 70.9 Å². The summed E-state index contributed by atoms with van der Waals surface area (Å²) >= 11 is 3.54. The van der Waals surface area contributed by atoms with E-state index in [1.807, 2.05) is 6.20 Å². The van der Waals surface area contributed by atoms with Gasteiger partial charge in [0, 0.05) is 25.8 Å². The molecule has 0 amide bonds. The molecule has 1 aromatic heterocycles. The fourth-order valence-electron chi connectivity index (χ4n) is 1.98. The van der Waals surface area contributed by atoms with Gasteiger partial charge < -0.3 is 10.2 Å². The highest BCUT2D eigenvalue weighted by Gasteiger charge is 2.16. The molecule has 0 aromatic carbocycles. The first-order valence-corrected chi connectivity index (χ1v) is 7.74. The van der Waals surface area contributed by atoms with Crippen molar-refractivity contribution >= 4 is 27.7 Å². The van der Waals surface area contributed by atoms with Crippen LogP contribution in [0.15, 0.2) is 10.7 Å². The number of aromatic nitrogens is 2. The molecular weight excluding hydrogens is 304 g/mol. The van der Waals surface area contributed by atoms with E-state index < -0.39 is 0 Å². The van der Waals surface area contributed by atoms with Crippen molar-refractivity contribution < 1.29 is 0 Å². The molecule has 0 aliphatic heterocycles. The number of nitrogens with zero attached hydrogens (tertiary/aromatic N) is 3. The zero-order valence-corrected chi connectivity index (χ0v) is 14.2. The number of rotatable bonds is 7. The Kier molecular flexibility index (Phi) is 6.55. The molecule has 0 fully saturated rings. The molecule has 5 heteroatoms. The van der Waals surface area contributed by atoms with Gasteiger partial charge >= 0.3 is 0 Å². The molecule has 1 N–H and O–H groups in total. The van der Waals surface area contributed by atoms with Crippen molar-refractivity contribution in [3.63, 3.8) is 0 Å². The zero-order chi connectivity index (χ0) is 14.4. The molecule has 0 aliphatic carbocycles. The van der Waals surface area contributed by atoms with Gasteiger partial charge in [0.1, 0.15) is 5.82 Å². The van der Waals surface area contributed by atoms with Crippen LogP contribution in [-0.2, 0) is 0 Å². The van der Waals surface area contributed by atoms with Gasteiger partial charge in [0.25, 0.3) is 0 Å². The first-order valence-electron chi connectivity index (χ1n) is 6.94. The lowest BCUT2D eigenvalue weighted by atomic mass is 10.0. The van der Waals surface area contributed by atoms with Crippen LogP contribution < -0.4 is 10.2 Å². The van der Waals surface area contributed by atoms with Gasteiger partial charge in [-0.15, -0.1) is 0 Å². The summed E-state index contributed by atoms with van der Waals surface area (Å²) in [5.41, 5.74) is 0. The Hall–Kier alpha value is -0.840. The molecule has 0 saturated heterocycles. The van der Waals surface area contributed by atoms with Gasteiger partial charge in [0.2, 0.25) is 5.95 Å². The molecule has 0 bridgehead atoms. The number of halogens is 1. The molecular formula is C14H25BrN4. The van der Waals surface area contributed by atoms with E-state index in [4.69, 9.17) is 0 Å². The van der Waals surface area contributed by atoms with Gasteiger partial charge in [0.15, 0.2) is 0 Å². The molecule has 1 atom stereocenters. The van der Waals surface area contributed by atoms with E-state index in [-0.39, 0.29) is 0 Å². The number of hydrogen-bond acceptors (Lipinski definition) is 4. The Bertz CT molecular complexity index is 395. The van der Waals surface area contributed by atoms with E-state index in [0.717, 1.165) is 29.7 Å². The Morgan fingerprint density at radius 1 is 1.37 bits per heavy atom. The summed E-state index contributed by atoms with van der Waals surface area (Å²) in [6.07, 6.45) is 4.03. The van der Waals surface area contributed by atoms with Crippen molar-refractivity contribution in [3.8, 4) is 0 Å². The van der Waals surface area contributed by atoms with Crippen LogP contribution in [0.4, 0.5) is 11.8 Å². The Labute approximate surface area is 125 Å². The van der Waals surface area contributed by atoms with Crippen LogP contribution in [0.1, 0.15) is 40.5 Å². The lowest BCUT2D eigenvalue weighted by Crippen LogP contribution is -2.31. The van der Waals surface area contributed by atoms with Crippen LogP contribution in [-0.4, -0.2) is 29.6 Å². The lowest BCUT2D eigenvalue weighted by Gasteiger charge is -2.28. The number of hydrogen-bond donors (Lipinski definition) is 1. The smallest absolute Gasteiger partial charge is 0.224 e. The third-order valence-corrected chi connectivity index (χ3v) is 3.63. The third kappa shape index (κ3) is 4.97. The van der Waals surface area contributed by atoms with Crippen LogP contribution in [0.25, 0.3) is 0 Å². The molecule has 0 spiro atoms. The molecule has 19 heavy (non-hydrogen) atoms. The molecule has 0 aliphatic rings. The minimum atomic E-state index is 0.449. The summed E-state index contributed by atoms with van der Waals surface area (Å²) < 4.78 is 0.938. The maximum Gasteiger partial charge on any atom is 0.224 e. The topological polar surface area (TPSA) is 41.1 Å². The first kappa shape index (κ1) is 16.2. The Morgan fingerprint density at radius 2 is 2.05 bits per heavy atom. The van der Waals surface area contributed by atoms with Gasteiger partial charge in [-0.2, -0.15) is 4.98 Å². The average Bonchev–Trinajstić information content (AvgIpc) is 2.36. The summed E-state index contributed by atoms with van der Waals surface area (Å²) in [5, 5.41) is 3.23. The van der Waals surface area contributed by atoms with Crippen LogP contribution in [0.2, 0.25) is 0 Å². The van der Waals surface area contributed by atoms with Gasteiger partial charge in [-0.3, -0.25) is 0 Å². The van der Waals surface area contributed by atoms with Crippen LogP contribution in [0, 0.1) is 5.92 Å². The van der Waals surface area contributed by atoms with E-state index in [1.165, 1.54) is 0 Å². The van der Waals surface area contributed by atoms with Crippen molar-refractivity contribution in [1.29, 1.82) is 0 Å². The summed E-state index contributed by atoms with van der Waals surface area (Å²) in [6.45, 7) is 9.74. The van der Waals surface area contributed by atoms with Crippen molar-refractivity contribution in [2.75, 3.05) is 23.8 Å². The lowest BCUT2D eigenvalue weighted by molar-refractivity contribution is 0.501. The summed E-state index contributed by atoms with van der Waals surface area (Å²) in [5.74, 6) is 2.32. The SMILES string of the molecule is CCCNc1ncc(Br)c(N(C)C(C)CC(C)C)n1. The Balaban J connectivity index is 2.85. The second-order valence-electron chi connectivity index (χ2n) is 5.38. The molecule has 1 heterocycles. The maximum absolute atomic E-state index is 4.59. The van der Waals surface area contributed by atoms with Gasteiger partial charge in [0.05, 0.1) is 4.47 Å². The van der Waals surface area contributed by atoms with Crippen LogP contribution in [0.5, 0.6) is 0 Å². The minimum absolute atomic E-state index is 0.449. The van der Waals surface area contributed by atoms with Crippen molar-refractivity contribution in [3.05, 3.63) is 10.7 Å². The van der Waals surface area contributed by atoms with Crippen molar-refractivity contribution in [2.24, 2.45) is 5.92 Å². The minimum Gasteiger partial charge on any atom is -0.356 e.